The molecule has 3 fully saturated rings. The van der Waals surface area contributed by atoms with E-state index in [0.717, 1.165) is 48.3 Å². The van der Waals surface area contributed by atoms with Crippen LogP contribution in [0.1, 0.15) is 53.0 Å². The highest BCUT2D eigenvalue weighted by molar-refractivity contribution is 7.17. The number of fused-ring (bicyclic) bond motifs is 4. The average Bonchev–Trinajstić information content (AvgIpc) is 3.38. The predicted molar refractivity (Wildman–Crippen MR) is 142 cm³/mol. The molecule has 7 rings (SSSR count). The Labute approximate surface area is 213 Å². The van der Waals surface area contributed by atoms with Crippen molar-refractivity contribution in [3.05, 3.63) is 82.8 Å². The maximum absolute atomic E-state index is 12.8. The Morgan fingerprint density at radius 1 is 1.06 bits per heavy atom. The number of rotatable bonds is 7. The smallest absolute Gasteiger partial charge is 0.252 e. The van der Waals surface area contributed by atoms with Gasteiger partial charge in [0, 0.05) is 47.2 Å². The van der Waals surface area contributed by atoms with E-state index >= 15 is 0 Å². The minimum Gasteiger partial charge on any atom is -0.380 e. The van der Waals surface area contributed by atoms with Crippen LogP contribution in [-0.2, 0) is 17.8 Å². The zero-order valence-electron chi connectivity index (χ0n) is 19.8. The van der Waals surface area contributed by atoms with Crippen LogP contribution >= 0.6 is 11.3 Å². The fourth-order valence-electron chi connectivity index (χ4n) is 5.47. The van der Waals surface area contributed by atoms with Gasteiger partial charge in [-0.2, -0.15) is 0 Å². The van der Waals surface area contributed by atoms with Crippen molar-refractivity contribution in [3.63, 3.8) is 0 Å². The van der Waals surface area contributed by atoms with Crippen LogP contribution in [0.3, 0.4) is 0 Å². The summed E-state index contributed by atoms with van der Waals surface area (Å²) < 4.78 is 1.23. The highest BCUT2D eigenvalue weighted by atomic mass is 32.1. The molecule has 4 aromatic rings. The SMILES string of the molecule is NC(=O)c1cnc(Cc2ccc(N3C(=O)C4CCC3CC4)cn2)cc1NCc1cccc2ccsc12. The second-order valence-corrected chi connectivity index (χ2v) is 10.5. The van der Waals surface area contributed by atoms with Crippen molar-refractivity contribution >= 4 is 44.6 Å². The molecule has 182 valence electrons. The van der Waals surface area contributed by atoms with E-state index in [9.17, 15) is 9.59 Å². The Balaban J connectivity index is 1.20. The number of aromatic nitrogens is 2. The first kappa shape index (κ1) is 22.7. The molecule has 0 unspecified atom stereocenters. The van der Waals surface area contributed by atoms with Crippen LogP contribution in [0.25, 0.3) is 10.1 Å². The van der Waals surface area contributed by atoms with Gasteiger partial charge in [-0.25, -0.2) is 0 Å². The minimum atomic E-state index is -0.520. The molecule has 0 radical (unpaired) electrons. The van der Waals surface area contributed by atoms with E-state index in [1.54, 1.807) is 17.5 Å². The van der Waals surface area contributed by atoms with E-state index < -0.39 is 5.91 Å². The van der Waals surface area contributed by atoms with Crippen LogP contribution in [-0.4, -0.2) is 27.8 Å². The van der Waals surface area contributed by atoms with Crippen molar-refractivity contribution in [2.75, 3.05) is 10.2 Å². The maximum Gasteiger partial charge on any atom is 0.252 e. The Morgan fingerprint density at radius 2 is 1.89 bits per heavy atom. The third kappa shape index (κ3) is 4.22. The zero-order valence-corrected chi connectivity index (χ0v) is 20.6. The number of hydrogen-bond donors (Lipinski definition) is 2. The van der Waals surface area contributed by atoms with Gasteiger partial charge in [-0.1, -0.05) is 18.2 Å². The molecule has 1 aliphatic carbocycles. The summed E-state index contributed by atoms with van der Waals surface area (Å²) in [5.41, 5.74) is 10.3. The molecule has 3 aromatic heterocycles. The van der Waals surface area contributed by atoms with Gasteiger partial charge in [0.15, 0.2) is 0 Å². The van der Waals surface area contributed by atoms with Crippen molar-refractivity contribution < 1.29 is 9.59 Å². The monoisotopic (exact) mass is 497 g/mol. The van der Waals surface area contributed by atoms with E-state index in [1.807, 2.05) is 29.2 Å². The first-order valence-electron chi connectivity index (χ1n) is 12.3. The van der Waals surface area contributed by atoms with Gasteiger partial charge >= 0.3 is 0 Å². The molecule has 2 saturated heterocycles. The molecular formula is C28H27N5O2S. The van der Waals surface area contributed by atoms with E-state index in [4.69, 9.17) is 5.73 Å². The summed E-state index contributed by atoms with van der Waals surface area (Å²) in [7, 11) is 0. The molecule has 2 amide bonds. The number of anilines is 2. The number of carbonyl (C=O) groups excluding carboxylic acids is 2. The first-order valence-corrected chi connectivity index (χ1v) is 13.2. The van der Waals surface area contributed by atoms with Crippen LogP contribution in [0.15, 0.2) is 60.2 Å². The minimum absolute atomic E-state index is 0.167. The first-order chi connectivity index (χ1) is 17.6. The summed E-state index contributed by atoms with van der Waals surface area (Å²) in [5, 5.41) is 6.68. The molecule has 36 heavy (non-hydrogen) atoms. The summed E-state index contributed by atoms with van der Waals surface area (Å²) in [4.78, 5) is 35.8. The fraction of sp³-hybridized carbons (Fsp3) is 0.286. The Hall–Kier alpha value is -3.78. The van der Waals surface area contributed by atoms with Crippen LogP contribution in [0.2, 0.25) is 0 Å². The Bertz CT molecular complexity index is 1440. The number of thiophene rings is 1. The number of hydrogen-bond acceptors (Lipinski definition) is 6. The van der Waals surface area contributed by atoms with Gasteiger partial charge < -0.3 is 16.0 Å². The third-order valence-electron chi connectivity index (χ3n) is 7.35. The van der Waals surface area contributed by atoms with Crippen molar-refractivity contribution in [3.8, 4) is 0 Å². The van der Waals surface area contributed by atoms with Crippen molar-refractivity contribution in [2.24, 2.45) is 11.7 Å². The van der Waals surface area contributed by atoms with Crippen LogP contribution in [0.5, 0.6) is 0 Å². The Morgan fingerprint density at radius 3 is 2.64 bits per heavy atom. The average molecular weight is 498 g/mol. The lowest BCUT2D eigenvalue weighted by atomic mass is 9.79. The summed E-state index contributed by atoms with van der Waals surface area (Å²) >= 11 is 1.70. The van der Waals surface area contributed by atoms with Crippen molar-refractivity contribution in [2.45, 2.75) is 44.7 Å². The number of benzene rings is 1. The van der Waals surface area contributed by atoms with E-state index in [0.29, 0.717) is 30.3 Å². The van der Waals surface area contributed by atoms with Crippen LogP contribution in [0.4, 0.5) is 11.4 Å². The third-order valence-corrected chi connectivity index (χ3v) is 8.36. The molecule has 0 spiro atoms. The molecule has 2 aliphatic heterocycles. The second kappa shape index (κ2) is 9.35. The quantitative estimate of drug-likeness (QED) is 0.378. The lowest BCUT2D eigenvalue weighted by molar-refractivity contribution is -0.126. The number of nitrogens with two attached hydrogens (primary N) is 1. The van der Waals surface area contributed by atoms with Crippen molar-refractivity contribution in [1.82, 2.24) is 9.97 Å². The number of amides is 2. The topological polar surface area (TPSA) is 101 Å². The van der Waals surface area contributed by atoms with Crippen LogP contribution in [0, 0.1) is 5.92 Å². The summed E-state index contributed by atoms with van der Waals surface area (Å²) in [5.74, 6) is -0.112. The molecule has 8 heteroatoms. The molecule has 2 bridgehead atoms. The van der Waals surface area contributed by atoms with Gasteiger partial charge in [-0.05, 0) is 66.3 Å². The number of carbonyl (C=O) groups is 2. The number of nitrogens with one attached hydrogen (secondary N) is 1. The highest BCUT2D eigenvalue weighted by Crippen LogP contribution is 2.38. The van der Waals surface area contributed by atoms with E-state index in [2.05, 4.69) is 38.9 Å². The van der Waals surface area contributed by atoms with Gasteiger partial charge in [0.25, 0.3) is 5.91 Å². The molecule has 1 saturated carbocycles. The molecular weight excluding hydrogens is 470 g/mol. The van der Waals surface area contributed by atoms with E-state index in [-0.39, 0.29) is 11.8 Å². The van der Waals surface area contributed by atoms with Gasteiger partial charge in [0.05, 0.1) is 23.1 Å². The number of nitrogens with zero attached hydrogens (tertiary/aromatic N) is 3. The lowest BCUT2D eigenvalue weighted by Crippen LogP contribution is -2.52. The van der Waals surface area contributed by atoms with Gasteiger partial charge in [-0.3, -0.25) is 19.6 Å². The Kier molecular flexibility index (Phi) is 5.89. The highest BCUT2D eigenvalue weighted by Gasteiger charge is 2.40. The number of piperidine rings is 2. The van der Waals surface area contributed by atoms with Gasteiger partial charge in [0.1, 0.15) is 0 Å². The second-order valence-electron chi connectivity index (χ2n) is 9.59. The zero-order chi connectivity index (χ0) is 24.6. The largest absolute Gasteiger partial charge is 0.380 e. The number of primary amides is 1. The maximum atomic E-state index is 12.8. The molecule has 0 atom stereocenters. The summed E-state index contributed by atoms with van der Waals surface area (Å²) in [6, 6.07) is 14.4. The number of pyridine rings is 2. The lowest BCUT2D eigenvalue weighted by Gasteiger charge is -2.44. The van der Waals surface area contributed by atoms with Gasteiger partial charge in [0.2, 0.25) is 5.91 Å². The molecule has 1 aromatic carbocycles. The fourth-order valence-corrected chi connectivity index (χ4v) is 6.38. The summed E-state index contributed by atoms with van der Waals surface area (Å²) in [6.07, 6.45) is 8.01. The standard InChI is InChI=1S/C28H27N5O2S/c29-27(34)24-16-31-21(13-25(24)32-14-19-3-1-2-17-10-11-36-26(17)19)12-20-6-9-23(15-30-20)33-22-7-4-18(5-8-22)28(33)35/h1-3,6,9-11,13,15-16,18,22H,4-5,7-8,12,14H2,(H2,29,34)(H,31,32). The normalized spacial score (nSPS) is 19.1. The molecule has 5 heterocycles. The van der Waals surface area contributed by atoms with Crippen LogP contribution < -0.4 is 16.0 Å². The molecule has 3 N–H and O–H groups in total. The molecule has 3 aliphatic rings. The van der Waals surface area contributed by atoms with Gasteiger partial charge in [-0.15, -0.1) is 11.3 Å². The predicted octanol–water partition coefficient (Wildman–Crippen LogP) is 4.90. The molecule has 7 nitrogen and oxygen atoms in total. The van der Waals surface area contributed by atoms with Crippen molar-refractivity contribution in [1.29, 1.82) is 0 Å². The van der Waals surface area contributed by atoms with E-state index in [1.165, 1.54) is 16.3 Å². The summed E-state index contributed by atoms with van der Waals surface area (Å²) in [6.45, 7) is 0.570.